The SMILES string of the molecule is CCCNC(=O)C(C)Nc1cccc(Cl)c1C(N)=S. The molecule has 0 fully saturated rings. The van der Waals surface area contributed by atoms with E-state index in [1.165, 1.54) is 0 Å². The molecule has 0 saturated heterocycles. The number of rotatable bonds is 6. The van der Waals surface area contributed by atoms with Crippen molar-refractivity contribution < 1.29 is 4.79 Å². The van der Waals surface area contributed by atoms with Gasteiger partial charge in [0.2, 0.25) is 5.91 Å². The maximum absolute atomic E-state index is 11.8. The first-order valence-corrected chi connectivity index (χ1v) is 6.88. The molecule has 19 heavy (non-hydrogen) atoms. The highest BCUT2D eigenvalue weighted by atomic mass is 35.5. The maximum atomic E-state index is 11.8. The van der Waals surface area contributed by atoms with Crippen molar-refractivity contribution >= 4 is 40.4 Å². The van der Waals surface area contributed by atoms with Gasteiger partial charge in [-0.3, -0.25) is 4.79 Å². The Kier molecular flexibility index (Phi) is 6.05. The Morgan fingerprint density at radius 2 is 2.21 bits per heavy atom. The average Bonchev–Trinajstić information content (AvgIpc) is 2.35. The summed E-state index contributed by atoms with van der Waals surface area (Å²) in [5.41, 5.74) is 6.88. The molecule has 0 radical (unpaired) electrons. The molecule has 0 spiro atoms. The lowest BCUT2D eigenvalue weighted by molar-refractivity contribution is -0.121. The molecule has 0 bridgehead atoms. The first-order chi connectivity index (χ1) is 8.97. The second-order valence-electron chi connectivity index (χ2n) is 4.18. The molecular weight excluding hydrogens is 282 g/mol. The molecule has 0 aliphatic rings. The predicted octanol–water partition coefficient (Wildman–Crippen LogP) is 2.30. The average molecular weight is 300 g/mol. The molecule has 1 amide bonds. The summed E-state index contributed by atoms with van der Waals surface area (Å²) in [4.78, 5) is 12.0. The van der Waals surface area contributed by atoms with Gasteiger partial charge in [0.1, 0.15) is 11.0 Å². The van der Waals surface area contributed by atoms with Gasteiger partial charge in [-0.25, -0.2) is 0 Å². The van der Waals surface area contributed by atoms with Gasteiger partial charge in [0.15, 0.2) is 0 Å². The zero-order chi connectivity index (χ0) is 14.4. The topological polar surface area (TPSA) is 67.2 Å². The molecule has 4 nitrogen and oxygen atoms in total. The molecule has 6 heteroatoms. The van der Waals surface area contributed by atoms with Crippen LogP contribution in [-0.4, -0.2) is 23.5 Å². The lowest BCUT2D eigenvalue weighted by Crippen LogP contribution is -2.38. The Hall–Kier alpha value is -1.33. The van der Waals surface area contributed by atoms with E-state index in [0.717, 1.165) is 6.42 Å². The van der Waals surface area contributed by atoms with E-state index in [1.807, 2.05) is 6.92 Å². The van der Waals surface area contributed by atoms with Gasteiger partial charge in [0.05, 0.1) is 10.6 Å². The third-order valence-corrected chi connectivity index (χ3v) is 3.09. The van der Waals surface area contributed by atoms with E-state index in [2.05, 4.69) is 10.6 Å². The third-order valence-electron chi connectivity index (χ3n) is 2.57. The van der Waals surface area contributed by atoms with E-state index in [0.29, 0.717) is 22.8 Å². The summed E-state index contributed by atoms with van der Waals surface area (Å²) < 4.78 is 0. The van der Waals surface area contributed by atoms with Crippen molar-refractivity contribution in [2.24, 2.45) is 5.73 Å². The number of hydrogen-bond acceptors (Lipinski definition) is 3. The fourth-order valence-electron chi connectivity index (χ4n) is 1.59. The van der Waals surface area contributed by atoms with E-state index >= 15 is 0 Å². The van der Waals surface area contributed by atoms with Gasteiger partial charge in [0, 0.05) is 12.2 Å². The van der Waals surface area contributed by atoms with Crippen LogP contribution in [0.5, 0.6) is 0 Å². The molecule has 104 valence electrons. The zero-order valence-corrected chi connectivity index (χ0v) is 12.6. The van der Waals surface area contributed by atoms with Crippen molar-refractivity contribution in [2.45, 2.75) is 26.3 Å². The van der Waals surface area contributed by atoms with Crippen LogP contribution in [0.2, 0.25) is 5.02 Å². The van der Waals surface area contributed by atoms with Gasteiger partial charge < -0.3 is 16.4 Å². The van der Waals surface area contributed by atoms with Crippen molar-refractivity contribution in [1.82, 2.24) is 5.32 Å². The summed E-state index contributed by atoms with van der Waals surface area (Å²) >= 11 is 11.0. The van der Waals surface area contributed by atoms with E-state index in [-0.39, 0.29) is 10.9 Å². The van der Waals surface area contributed by atoms with Gasteiger partial charge in [-0.15, -0.1) is 0 Å². The van der Waals surface area contributed by atoms with Gasteiger partial charge in [-0.2, -0.15) is 0 Å². The highest BCUT2D eigenvalue weighted by Gasteiger charge is 2.16. The van der Waals surface area contributed by atoms with Crippen LogP contribution in [0.3, 0.4) is 0 Å². The van der Waals surface area contributed by atoms with Crippen LogP contribution in [0.1, 0.15) is 25.8 Å². The molecule has 0 aliphatic heterocycles. The van der Waals surface area contributed by atoms with Crippen molar-refractivity contribution in [3.8, 4) is 0 Å². The maximum Gasteiger partial charge on any atom is 0.242 e. The Morgan fingerprint density at radius 1 is 1.53 bits per heavy atom. The number of carbonyl (C=O) groups excluding carboxylic acids is 1. The van der Waals surface area contributed by atoms with Crippen LogP contribution in [-0.2, 0) is 4.79 Å². The number of carbonyl (C=O) groups is 1. The minimum Gasteiger partial charge on any atom is -0.389 e. The number of amides is 1. The largest absolute Gasteiger partial charge is 0.389 e. The normalized spacial score (nSPS) is 11.7. The lowest BCUT2D eigenvalue weighted by Gasteiger charge is -2.18. The monoisotopic (exact) mass is 299 g/mol. The van der Waals surface area contributed by atoms with Crippen LogP contribution in [0.15, 0.2) is 18.2 Å². The fourth-order valence-corrected chi connectivity index (χ4v) is 2.15. The molecule has 0 aliphatic carbocycles. The van der Waals surface area contributed by atoms with Crippen LogP contribution >= 0.6 is 23.8 Å². The van der Waals surface area contributed by atoms with E-state index in [1.54, 1.807) is 25.1 Å². The number of anilines is 1. The van der Waals surface area contributed by atoms with Crippen molar-refractivity contribution in [3.63, 3.8) is 0 Å². The van der Waals surface area contributed by atoms with Crippen molar-refractivity contribution in [1.29, 1.82) is 0 Å². The van der Waals surface area contributed by atoms with Gasteiger partial charge in [-0.1, -0.05) is 36.8 Å². The highest BCUT2D eigenvalue weighted by molar-refractivity contribution is 7.80. The quantitative estimate of drug-likeness (QED) is 0.705. The summed E-state index contributed by atoms with van der Waals surface area (Å²) in [5, 5.41) is 6.37. The van der Waals surface area contributed by atoms with Gasteiger partial charge in [0.25, 0.3) is 0 Å². The second-order valence-corrected chi connectivity index (χ2v) is 5.03. The van der Waals surface area contributed by atoms with Crippen LogP contribution < -0.4 is 16.4 Å². The third kappa shape index (κ3) is 4.36. The van der Waals surface area contributed by atoms with E-state index in [4.69, 9.17) is 29.6 Å². The molecule has 0 heterocycles. The molecule has 1 aromatic rings. The second kappa shape index (κ2) is 7.31. The Balaban J connectivity index is 2.85. The molecule has 0 saturated carbocycles. The van der Waals surface area contributed by atoms with Crippen LogP contribution in [0.4, 0.5) is 5.69 Å². The number of hydrogen-bond donors (Lipinski definition) is 3. The van der Waals surface area contributed by atoms with Crippen LogP contribution in [0.25, 0.3) is 0 Å². The summed E-state index contributed by atoms with van der Waals surface area (Å²) in [5.74, 6) is -0.0734. The molecule has 1 aromatic carbocycles. The zero-order valence-electron chi connectivity index (χ0n) is 11.0. The van der Waals surface area contributed by atoms with Gasteiger partial charge in [-0.05, 0) is 25.5 Å². The minimum atomic E-state index is -0.391. The first kappa shape index (κ1) is 15.7. The number of benzene rings is 1. The van der Waals surface area contributed by atoms with E-state index in [9.17, 15) is 4.79 Å². The standard InChI is InChI=1S/C13H18ClN3OS/c1-3-7-16-13(18)8(2)17-10-6-4-5-9(14)11(10)12(15)19/h4-6,8,17H,3,7H2,1-2H3,(H2,15,19)(H,16,18). The number of nitrogens with two attached hydrogens (primary N) is 1. The minimum absolute atomic E-state index is 0.0734. The van der Waals surface area contributed by atoms with Crippen LogP contribution in [0, 0.1) is 0 Å². The summed E-state index contributed by atoms with van der Waals surface area (Å²) in [7, 11) is 0. The predicted molar refractivity (Wildman–Crippen MR) is 83.7 cm³/mol. The Morgan fingerprint density at radius 3 is 2.79 bits per heavy atom. The molecule has 0 aromatic heterocycles. The highest BCUT2D eigenvalue weighted by Crippen LogP contribution is 2.24. The molecule has 1 atom stereocenters. The fraction of sp³-hybridized carbons (Fsp3) is 0.385. The van der Waals surface area contributed by atoms with Crippen molar-refractivity contribution in [3.05, 3.63) is 28.8 Å². The Bertz CT molecular complexity index is 479. The number of thiocarbonyl (C=S) groups is 1. The number of halogens is 1. The summed E-state index contributed by atoms with van der Waals surface area (Å²) in [6.45, 7) is 4.43. The molecule has 4 N–H and O–H groups in total. The summed E-state index contributed by atoms with van der Waals surface area (Å²) in [6.07, 6.45) is 0.897. The lowest BCUT2D eigenvalue weighted by atomic mass is 10.1. The Labute approximate surface area is 123 Å². The van der Waals surface area contributed by atoms with Crippen molar-refractivity contribution in [2.75, 3.05) is 11.9 Å². The van der Waals surface area contributed by atoms with Gasteiger partial charge >= 0.3 is 0 Å². The smallest absolute Gasteiger partial charge is 0.242 e. The van der Waals surface area contributed by atoms with E-state index < -0.39 is 6.04 Å². The number of nitrogens with one attached hydrogen (secondary N) is 2. The molecular formula is C13H18ClN3OS. The molecule has 1 unspecified atom stereocenters. The summed E-state index contributed by atoms with van der Waals surface area (Å²) in [6, 6.07) is 4.90. The first-order valence-electron chi connectivity index (χ1n) is 6.10. The molecule has 1 rings (SSSR count).